The van der Waals surface area contributed by atoms with Gasteiger partial charge >= 0.3 is 0 Å². The first-order valence-electron chi connectivity index (χ1n) is 10.0. The summed E-state index contributed by atoms with van der Waals surface area (Å²) in [6.07, 6.45) is 4.90. The third-order valence-electron chi connectivity index (χ3n) is 5.43. The lowest BCUT2D eigenvalue weighted by atomic mass is 10.0. The molecule has 3 heterocycles. The summed E-state index contributed by atoms with van der Waals surface area (Å²) in [5, 5.41) is 4.41. The molecular formula is C21H28N6. The average Bonchev–Trinajstić information content (AvgIpc) is 3.18. The van der Waals surface area contributed by atoms with Crippen LogP contribution in [-0.2, 0) is 13.0 Å². The molecule has 1 saturated heterocycles. The van der Waals surface area contributed by atoms with Crippen molar-refractivity contribution in [1.29, 1.82) is 0 Å². The van der Waals surface area contributed by atoms with Gasteiger partial charge in [0.1, 0.15) is 12.1 Å². The number of nitrogens with zero attached hydrogens (tertiary/aromatic N) is 6. The van der Waals surface area contributed by atoms with Gasteiger partial charge in [0, 0.05) is 44.0 Å². The summed E-state index contributed by atoms with van der Waals surface area (Å²) in [6.45, 7) is 8.50. The first kappa shape index (κ1) is 17.9. The molecule has 6 heteroatoms. The lowest BCUT2D eigenvalue weighted by Crippen LogP contribution is -2.53. The van der Waals surface area contributed by atoms with Gasteiger partial charge in [0.15, 0.2) is 0 Å². The molecule has 3 aromatic rings. The number of benzene rings is 1. The molecule has 1 aliphatic rings. The Morgan fingerprint density at radius 3 is 2.74 bits per heavy atom. The summed E-state index contributed by atoms with van der Waals surface area (Å²) in [5.74, 6) is 1.82. The van der Waals surface area contributed by atoms with E-state index in [2.05, 4.69) is 75.1 Å². The predicted molar refractivity (Wildman–Crippen MR) is 108 cm³/mol. The summed E-state index contributed by atoms with van der Waals surface area (Å²) in [6, 6.07) is 13.5. The first-order chi connectivity index (χ1) is 13.3. The Bertz CT molecular complexity index is 875. The summed E-state index contributed by atoms with van der Waals surface area (Å²) in [5.41, 5.74) is 2.46. The Hall–Kier alpha value is -2.47. The molecule has 1 aliphatic heterocycles. The van der Waals surface area contributed by atoms with Gasteiger partial charge in [-0.2, -0.15) is 14.6 Å². The van der Waals surface area contributed by atoms with Gasteiger partial charge in [0.25, 0.3) is 5.78 Å². The van der Waals surface area contributed by atoms with Crippen molar-refractivity contribution in [2.75, 3.05) is 24.5 Å². The van der Waals surface area contributed by atoms with Crippen LogP contribution in [0, 0.1) is 0 Å². The van der Waals surface area contributed by atoms with E-state index in [1.165, 1.54) is 18.4 Å². The summed E-state index contributed by atoms with van der Waals surface area (Å²) in [4.78, 5) is 14.0. The number of aromatic nitrogens is 4. The van der Waals surface area contributed by atoms with Crippen LogP contribution in [0.5, 0.6) is 0 Å². The second-order valence-electron chi connectivity index (χ2n) is 7.28. The van der Waals surface area contributed by atoms with Gasteiger partial charge in [-0.1, -0.05) is 50.6 Å². The second kappa shape index (κ2) is 8.05. The second-order valence-corrected chi connectivity index (χ2v) is 7.28. The van der Waals surface area contributed by atoms with Crippen LogP contribution >= 0.6 is 0 Å². The number of rotatable bonds is 6. The Kier molecular flexibility index (Phi) is 5.34. The van der Waals surface area contributed by atoms with E-state index in [-0.39, 0.29) is 0 Å². The summed E-state index contributed by atoms with van der Waals surface area (Å²) >= 11 is 0. The molecule has 0 radical (unpaired) electrons. The number of hydrogen-bond donors (Lipinski definition) is 0. The minimum atomic E-state index is 0.542. The molecule has 0 aliphatic carbocycles. The molecule has 142 valence electrons. The standard InChI is InChI=1S/C21H28N6/c1-3-8-19-15-26(12-11-25(19)14-17-9-6-5-7-10-17)20-13-18(4-2)24-21-22-16-23-27(20)21/h5-7,9-10,13,16,19H,3-4,8,11-12,14-15H2,1-2H3. The highest BCUT2D eigenvalue weighted by atomic mass is 15.4. The van der Waals surface area contributed by atoms with Crippen LogP contribution in [0.15, 0.2) is 42.7 Å². The van der Waals surface area contributed by atoms with Crippen molar-refractivity contribution < 1.29 is 0 Å². The van der Waals surface area contributed by atoms with Gasteiger partial charge < -0.3 is 4.90 Å². The number of anilines is 1. The molecule has 6 nitrogen and oxygen atoms in total. The fourth-order valence-electron chi connectivity index (χ4n) is 3.98. The zero-order valence-electron chi connectivity index (χ0n) is 16.3. The normalized spacial score (nSPS) is 18.3. The van der Waals surface area contributed by atoms with E-state index in [0.717, 1.165) is 44.1 Å². The molecule has 1 atom stereocenters. The summed E-state index contributed by atoms with van der Waals surface area (Å²) in [7, 11) is 0. The Morgan fingerprint density at radius 2 is 1.96 bits per heavy atom. The van der Waals surface area contributed by atoms with Gasteiger partial charge in [-0.3, -0.25) is 4.90 Å². The van der Waals surface area contributed by atoms with Crippen LogP contribution in [0.2, 0.25) is 0 Å². The monoisotopic (exact) mass is 364 g/mol. The molecule has 2 aromatic heterocycles. The number of hydrogen-bond acceptors (Lipinski definition) is 5. The minimum absolute atomic E-state index is 0.542. The zero-order chi connectivity index (χ0) is 18.6. The molecule has 1 aromatic carbocycles. The van der Waals surface area contributed by atoms with Gasteiger partial charge in [0.05, 0.1) is 0 Å². The molecule has 0 bridgehead atoms. The van der Waals surface area contributed by atoms with Crippen LogP contribution in [0.25, 0.3) is 5.78 Å². The molecule has 27 heavy (non-hydrogen) atoms. The number of piperazine rings is 1. The van der Waals surface area contributed by atoms with Crippen LogP contribution in [0.3, 0.4) is 0 Å². The fourth-order valence-corrected chi connectivity index (χ4v) is 3.98. The first-order valence-corrected chi connectivity index (χ1v) is 10.0. The highest BCUT2D eigenvalue weighted by Gasteiger charge is 2.28. The molecule has 0 N–H and O–H groups in total. The maximum atomic E-state index is 4.59. The highest BCUT2D eigenvalue weighted by molar-refractivity contribution is 5.48. The molecule has 4 rings (SSSR count). The van der Waals surface area contributed by atoms with Gasteiger partial charge in [0.2, 0.25) is 0 Å². The van der Waals surface area contributed by atoms with Crippen molar-refractivity contribution in [3.63, 3.8) is 0 Å². The Balaban J connectivity index is 1.57. The third kappa shape index (κ3) is 3.81. The minimum Gasteiger partial charge on any atom is -0.354 e. The van der Waals surface area contributed by atoms with Gasteiger partial charge in [-0.05, 0) is 18.4 Å². The highest BCUT2D eigenvalue weighted by Crippen LogP contribution is 2.24. The maximum absolute atomic E-state index is 4.59. The largest absolute Gasteiger partial charge is 0.354 e. The van der Waals surface area contributed by atoms with E-state index in [9.17, 15) is 0 Å². The molecule has 1 fully saturated rings. The van der Waals surface area contributed by atoms with Crippen molar-refractivity contribution >= 4 is 11.6 Å². The van der Waals surface area contributed by atoms with Crippen LogP contribution in [0.4, 0.5) is 5.82 Å². The summed E-state index contributed by atoms with van der Waals surface area (Å²) < 4.78 is 1.88. The topological polar surface area (TPSA) is 49.6 Å². The maximum Gasteiger partial charge on any atom is 0.254 e. The van der Waals surface area contributed by atoms with Crippen molar-refractivity contribution in [3.8, 4) is 0 Å². The molecule has 0 spiro atoms. The van der Waals surface area contributed by atoms with Gasteiger partial charge in [-0.15, -0.1) is 0 Å². The number of fused-ring (bicyclic) bond motifs is 1. The van der Waals surface area contributed by atoms with Gasteiger partial charge in [-0.25, -0.2) is 4.98 Å². The van der Waals surface area contributed by atoms with Crippen LogP contribution in [0.1, 0.15) is 37.9 Å². The van der Waals surface area contributed by atoms with Crippen molar-refractivity contribution in [2.24, 2.45) is 0 Å². The Labute approximate surface area is 160 Å². The third-order valence-corrected chi connectivity index (χ3v) is 5.43. The quantitative estimate of drug-likeness (QED) is 0.672. The van der Waals surface area contributed by atoms with Crippen LogP contribution < -0.4 is 4.90 Å². The van der Waals surface area contributed by atoms with E-state index in [4.69, 9.17) is 0 Å². The van der Waals surface area contributed by atoms with Crippen LogP contribution in [-0.4, -0.2) is 50.2 Å². The van der Waals surface area contributed by atoms with Crippen molar-refractivity contribution in [2.45, 2.75) is 45.7 Å². The lowest BCUT2D eigenvalue weighted by Gasteiger charge is -2.42. The Morgan fingerprint density at radius 1 is 1.11 bits per heavy atom. The van der Waals surface area contributed by atoms with E-state index in [1.54, 1.807) is 6.33 Å². The lowest BCUT2D eigenvalue weighted by molar-refractivity contribution is 0.158. The number of aryl methyl sites for hydroxylation is 1. The van der Waals surface area contributed by atoms with E-state index in [0.29, 0.717) is 11.8 Å². The van der Waals surface area contributed by atoms with E-state index in [1.807, 2.05) is 4.52 Å². The fraction of sp³-hybridized carbons (Fsp3) is 0.476. The smallest absolute Gasteiger partial charge is 0.254 e. The molecular weight excluding hydrogens is 336 g/mol. The van der Waals surface area contributed by atoms with Crippen molar-refractivity contribution in [3.05, 3.63) is 54.0 Å². The molecule has 0 saturated carbocycles. The van der Waals surface area contributed by atoms with E-state index >= 15 is 0 Å². The van der Waals surface area contributed by atoms with E-state index < -0.39 is 0 Å². The van der Waals surface area contributed by atoms with Crippen molar-refractivity contribution in [1.82, 2.24) is 24.5 Å². The molecule has 0 amide bonds. The predicted octanol–water partition coefficient (Wildman–Crippen LogP) is 3.18. The zero-order valence-corrected chi connectivity index (χ0v) is 16.3. The SMILES string of the molecule is CCCC1CN(c2cc(CC)nc3ncnn23)CCN1Cc1ccccc1. The average molecular weight is 364 g/mol. The molecule has 1 unspecified atom stereocenters.